The summed E-state index contributed by atoms with van der Waals surface area (Å²) in [6.45, 7) is 7.85. The van der Waals surface area contributed by atoms with Crippen LogP contribution in [0, 0.1) is 5.41 Å². The molecule has 0 fully saturated rings. The Morgan fingerprint density at radius 3 is 2.25 bits per heavy atom. The maximum atomic E-state index is 11.4. The van der Waals surface area contributed by atoms with Gasteiger partial charge < -0.3 is 16.4 Å². The van der Waals surface area contributed by atoms with Crippen molar-refractivity contribution < 1.29 is 9.59 Å². The number of rotatable bonds is 5. The van der Waals surface area contributed by atoms with E-state index in [4.69, 9.17) is 5.73 Å². The average molecular weight is 229 g/mol. The predicted octanol–water partition coefficient (Wildman–Crippen LogP) is 0.00220. The van der Waals surface area contributed by atoms with Crippen LogP contribution in [0.2, 0.25) is 0 Å². The van der Waals surface area contributed by atoms with Crippen LogP contribution in [0.5, 0.6) is 0 Å². The third-order valence-corrected chi connectivity index (χ3v) is 2.01. The summed E-state index contributed by atoms with van der Waals surface area (Å²) in [7, 11) is 0. The van der Waals surface area contributed by atoms with Crippen molar-refractivity contribution in [3.05, 3.63) is 0 Å². The minimum atomic E-state index is -0.466. The lowest BCUT2D eigenvalue weighted by molar-refractivity contribution is -0.131. The summed E-state index contributed by atoms with van der Waals surface area (Å²) in [5.74, 6) is -0.312. The van der Waals surface area contributed by atoms with E-state index in [-0.39, 0.29) is 24.4 Å². The average Bonchev–Trinajstić information content (AvgIpc) is 2.11. The summed E-state index contributed by atoms with van der Waals surface area (Å²) in [5, 5.41) is 5.27. The van der Waals surface area contributed by atoms with E-state index < -0.39 is 5.41 Å². The Morgan fingerprint density at radius 1 is 1.25 bits per heavy atom. The third-order valence-electron chi connectivity index (χ3n) is 2.01. The van der Waals surface area contributed by atoms with E-state index in [0.29, 0.717) is 6.54 Å². The van der Waals surface area contributed by atoms with Crippen molar-refractivity contribution in [1.29, 1.82) is 0 Å². The molecule has 2 amide bonds. The third kappa shape index (κ3) is 7.23. The smallest absolute Gasteiger partial charge is 0.239 e. The molecule has 0 bridgehead atoms. The molecule has 0 aliphatic heterocycles. The van der Waals surface area contributed by atoms with Crippen molar-refractivity contribution in [3.63, 3.8) is 0 Å². The fourth-order valence-electron chi connectivity index (χ4n) is 0.927. The zero-order valence-electron chi connectivity index (χ0n) is 10.6. The highest BCUT2D eigenvalue weighted by molar-refractivity contribution is 5.87. The van der Waals surface area contributed by atoms with Crippen LogP contribution in [0.1, 0.15) is 34.1 Å². The van der Waals surface area contributed by atoms with Gasteiger partial charge in [0.2, 0.25) is 11.8 Å². The fourth-order valence-corrected chi connectivity index (χ4v) is 0.927. The fraction of sp³-hybridized carbons (Fsp3) is 0.818. The lowest BCUT2D eigenvalue weighted by atomic mass is 9.96. The normalized spacial score (nSPS) is 13.1. The van der Waals surface area contributed by atoms with Crippen LogP contribution in [-0.2, 0) is 9.59 Å². The minimum absolute atomic E-state index is 0.0229. The lowest BCUT2D eigenvalue weighted by Gasteiger charge is -2.17. The number of amides is 2. The Morgan fingerprint density at radius 2 is 1.81 bits per heavy atom. The summed E-state index contributed by atoms with van der Waals surface area (Å²) >= 11 is 0. The maximum Gasteiger partial charge on any atom is 0.239 e. The Balaban J connectivity index is 3.70. The van der Waals surface area contributed by atoms with Gasteiger partial charge in [-0.1, -0.05) is 20.8 Å². The summed E-state index contributed by atoms with van der Waals surface area (Å²) in [5.41, 5.74) is 5.07. The highest BCUT2D eigenvalue weighted by atomic mass is 16.2. The molecule has 0 heterocycles. The van der Waals surface area contributed by atoms with Crippen LogP contribution < -0.4 is 16.4 Å². The molecular weight excluding hydrogens is 206 g/mol. The second kappa shape index (κ2) is 6.48. The molecule has 0 aromatic carbocycles. The molecule has 0 spiro atoms. The molecule has 16 heavy (non-hydrogen) atoms. The molecular formula is C11H23N3O2. The van der Waals surface area contributed by atoms with Crippen molar-refractivity contribution >= 4 is 11.8 Å². The molecule has 94 valence electrons. The maximum absolute atomic E-state index is 11.4. The van der Waals surface area contributed by atoms with Gasteiger partial charge in [-0.15, -0.1) is 0 Å². The van der Waals surface area contributed by atoms with E-state index >= 15 is 0 Å². The zero-order valence-corrected chi connectivity index (χ0v) is 10.6. The molecule has 5 nitrogen and oxygen atoms in total. The zero-order chi connectivity index (χ0) is 12.8. The van der Waals surface area contributed by atoms with Crippen LogP contribution >= 0.6 is 0 Å². The number of hydrogen-bond donors (Lipinski definition) is 3. The van der Waals surface area contributed by atoms with Gasteiger partial charge in [0.1, 0.15) is 0 Å². The Hall–Kier alpha value is -1.10. The molecule has 0 aromatic heterocycles. The van der Waals surface area contributed by atoms with Crippen molar-refractivity contribution in [2.24, 2.45) is 11.1 Å². The van der Waals surface area contributed by atoms with Gasteiger partial charge >= 0.3 is 0 Å². The van der Waals surface area contributed by atoms with E-state index in [1.54, 1.807) is 20.8 Å². The Kier molecular flexibility index (Phi) is 6.03. The van der Waals surface area contributed by atoms with Gasteiger partial charge in [-0.25, -0.2) is 0 Å². The van der Waals surface area contributed by atoms with Crippen LogP contribution in [-0.4, -0.2) is 30.9 Å². The first-order valence-corrected chi connectivity index (χ1v) is 5.54. The summed E-state index contributed by atoms with van der Waals surface area (Å²) in [4.78, 5) is 22.7. The largest absolute Gasteiger partial charge is 0.355 e. The summed E-state index contributed by atoms with van der Waals surface area (Å²) < 4.78 is 0. The standard InChI is InChI=1S/C11H23N3O2/c1-8(12)5-6-13-9(15)7-14-10(16)11(2,3)4/h8H,5-7,12H2,1-4H3,(H,13,15)(H,14,16). The molecule has 0 aliphatic rings. The number of nitrogens with one attached hydrogen (secondary N) is 2. The summed E-state index contributed by atoms with van der Waals surface area (Å²) in [6.07, 6.45) is 0.735. The predicted molar refractivity (Wildman–Crippen MR) is 63.7 cm³/mol. The second-order valence-corrected chi connectivity index (χ2v) is 5.05. The molecule has 0 rings (SSSR count). The number of carbonyl (C=O) groups is 2. The molecule has 5 heteroatoms. The number of carbonyl (C=O) groups excluding carboxylic acids is 2. The quantitative estimate of drug-likeness (QED) is 0.620. The second-order valence-electron chi connectivity index (χ2n) is 5.05. The molecule has 0 saturated carbocycles. The first kappa shape index (κ1) is 14.9. The van der Waals surface area contributed by atoms with Gasteiger partial charge in [0, 0.05) is 18.0 Å². The molecule has 1 unspecified atom stereocenters. The van der Waals surface area contributed by atoms with Gasteiger partial charge in [-0.3, -0.25) is 9.59 Å². The van der Waals surface area contributed by atoms with Crippen LogP contribution in [0.3, 0.4) is 0 Å². The van der Waals surface area contributed by atoms with Crippen LogP contribution in [0.4, 0.5) is 0 Å². The lowest BCUT2D eigenvalue weighted by Crippen LogP contribution is -2.42. The highest BCUT2D eigenvalue weighted by Gasteiger charge is 2.21. The highest BCUT2D eigenvalue weighted by Crippen LogP contribution is 2.11. The van der Waals surface area contributed by atoms with Crippen molar-refractivity contribution in [2.45, 2.75) is 40.2 Å². The monoisotopic (exact) mass is 229 g/mol. The number of nitrogens with two attached hydrogens (primary N) is 1. The van der Waals surface area contributed by atoms with E-state index in [1.807, 2.05) is 6.92 Å². The van der Waals surface area contributed by atoms with Gasteiger partial charge in [0.15, 0.2) is 0 Å². The summed E-state index contributed by atoms with van der Waals surface area (Å²) in [6, 6.07) is 0.0736. The van der Waals surface area contributed by atoms with E-state index in [0.717, 1.165) is 6.42 Å². The van der Waals surface area contributed by atoms with Crippen molar-refractivity contribution in [1.82, 2.24) is 10.6 Å². The van der Waals surface area contributed by atoms with Crippen molar-refractivity contribution in [3.8, 4) is 0 Å². The topological polar surface area (TPSA) is 84.2 Å². The van der Waals surface area contributed by atoms with Crippen LogP contribution in [0.25, 0.3) is 0 Å². The van der Waals surface area contributed by atoms with E-state index in [9.17, 15) is 9.59 Å². The first-order chi connectivity index (χ1) is 7.23. The van der Waals surface area contributed by atoms with Gasteiger partial charge in [-0.05, 0) is 13.3 Å². The molecule has 0 aliphatic carbocycles. The molecule has 0 radical (unpaired) electrons. The van der Waals surface area contributed by atoms with Crippen LogP contribution in [0.15, 0.2) is 0 Å². The Labute approximate surface area is 97.2 Å². The Bertz CT molecular complexity index is 244. The first-order valence-electron chi connectivity index (χ1n) is 5.54. The number of hydrogen-bond acceptors (Lipinski definition) is 3. The van der Waals surface area contributed by atoms with Gasteiger partial charge in [0.05, 0.1) is 6.54 Å². The van der Waals surface area contributed by atoms with Crippen molar-refractivity contribution in [2.75, 3.05) is 13.1 Å². The molecule has 0 saturated heterocycles. The molecule has 1 atom stereocenters. The molecule has 0 aromatic rings. The van der Waals surface area contributed by atoms with E-state index in [2.05, 4.69) is 10.6 Å². The van der Waals surface area contributed by atoms with Gasteiger partial charge in [0.25, 0.3) is 0 Å². The SMILES string of the molecule is CC(N)CCNC(=O)CNC(=O)C(C)(C)C. The molecule has 4 N–H and O–H groups in total. The minimum Gasteiger partial charge on any atom is -0.355 e. The van der Waals surface area contributed by atoms with E-state index in [1.165, 1.54) is 0 Å². The van der Waals surface area contributed by atoms with Gasteiger partial charge in [-0.2, -0.15) is 0 Å².